The predicted octanol–water partition coefficient (Wildman–Crippen LogP) is 4.56. The Morgan fingerprint density at radius 2 is 1.81 bits per heavy atom. The van der Waals surface area contributed by atoms with Gasteiger partial charge in [0.1, 0.15) is 5.75 Å². The van der Waals surface area contributed by atoms with Gasteiger partial charge in [-0.25, -0.2) is 0 Å². The van der Waals surface area contributed by atoms with Gasteiger partial charge in [0.05, 0.1) is 9.13 Å². The van der Waals surface area contributed by atoms with Crippen molar-refractivity contribution in [2.75, 3.05) is 0 Å². The van der Waals surface area contributed by atoms with Gasteiger partial charge in [-0.15, -0.1) is 0 Å². The van der Waals surface area contributed by atoms with E-state index in [1.807, 2.05) is 0 Å². The van der Waals surface area contributed by atoms with E-state index in [-0.39, 0.29) is 5.02 Å². The second-order valence-electron chi connectivity index (χ2n) is 2.64. The van der Waals surface area contributed by atoms with E-state index in [2.05, 4.69) is 4.74 Å². The summed E-state index contributed by atoms with van der Waals surface area (Å²) < 4.78 is 64.6. The molecule has 0 radical (unpaired) electrons. The highest BCUT2D eigenvalue weighted by Crippen LogP contribution is 2.39. The SMILES string of the molecule is FC(F)Oc1cc(Cl)cc(C(F)(F)F)c1I. The van der Waals surface area contributed by atoms with E-state index in [9.17, 15) is 22.0 Å². The minimum Gasteiger partial charge on any atom is -0.434 e. The van der Waals surface area contributed by atoms with Crippen LogP contribution < -0.4 is 4.74 Å². The molecule has 0 bridgehead atoms. The van der Waals surface area contributed by atoms with E-state index in [1.165, 1.54) is 22.6 Å². The molecule has 0 spiro atoms. The molecule has 90 valence electrons. The van der Waals surface area contributed by atoms with Gasteiger partial charge < -0.3 is 4.74 Å². The maximum atomic E-state index is 12.4. The molecular formula is C8H3ClF5IO. The van der Waals surface area contributed by atoms with Gasteiger partial charge in [-0.05, 0) is 28.7 Å². The monoisotopic (exact) mass is 372 g/mol. The fraction of sp³-hybridized carbons (Fsp3) is 0.250. The third kappa shape index (κ3) is 3.34. The maximum Gasteiger partial charge on any atom is 0.417 e. The van der Waals surface area contributed by atoms with Gasteiger partial charge >= 0.3 is 12.8 Å². The van der Waals surface area contributed by atoms with Crippen LogP contribution in [0, 0.1) is 3.57 Å². The molecule has 0 heterocycles. The molecule has 0 N–H and O–H groups in total. The first kappa shape index (κ1) is 13.8. The van der Waals surface area contributed by atoms with E-state index in [0.717, 1.165) is 6.07 Å². The van der Waals surface area contributed by atoms with Crippen LogP contribution in [0.5, 0.6) is 5.75 Å². The summed E-state index contributed by atoms with van der Waals surface area (Å²) in [5, 5.41) is -0.316. The third-order valence-electron chi connectivity index (χ3n) is 1.53. The molecule has 0 aliphatic carbocycles. The molecule has 0 aliphatic heterocycles. The highest BCUT2D eigenvalue weighted by molar-refractivity contribution is 14.1. The second-order valence-corrected chi connectivity index (χ2v) is 4.16. The minimum atomic E-state index is -4.67. The van der Waals surface area contributed by atoms with E-state index in [1.54, 1.807) is 0 Å². The molecular weight excluding hydrogens is 369 g/mol. The molecule has 0 unspecified atom stereocenters. The summed E-state index contributed by atoms with van der Waals surface area (Å²) in [7, 11) is 0. The fourth-order valence-electron chi connectivity index (χ4n) is 0.952. The molecule has 0 amide bonds. The summed E-state index contributed by atoms with van der Waals surface area (Å²) in [6, 6.07) is 1.56. The Balaban J connectivity index is 3.26. The molecule has 1 rings (SSSR count). The maximum absolute atomic E-state index is 12.4. The standard InChI is InChI=1S/C8H3ClF5IO/c9-3-1-4(8(12,13)14)6(15)5(2-3)16-7(10)11/h1-2,7H. The van der Waals surface area contributed by atoms with Crippen molar-refractivity contribution in [1.29, 1.82) is 0 Å². The van der Waals surface area contributed by atoms with Gasteiger partial charge in [-0.1, -0.05) is 11.6 Å². The van der Waals surface area contributed by atoms with Crippen molar-refractivity contribution >= 4 is 34.2 Å². The molecule has 0 aliphatic rings. The number of benzene rings is 1. The zero-order chi connectivity index (χ0) is 12.5. The largest absolute Gasteiger partial charge is 0.434 e. The van der Waals surface area contributed by atoms with Crippen LogP contribution in [-0.2, 0) is 6.18 Å². The topological polar surface area (TPSA) is 9.23 Å². The summed E-state index contributed by atoms with van der Waals surface area (Å²) in [5.74, 6) is -0.588. The van der Waals surface area contributed by atoms with Crippen LogP contribution in [0.2, 0.25) is 5.02 Å². The van der Waals surface area contributed by atoms with Crippen LogP contribution in [0.15, 0.2) is 12.1 Å². The van der Waals surface area contributed by atoms with Crippen LogP contribution >= 0.6 is 34.2 Å². The third-order valence-corrected chi connectivity index (χ3v) is 2.86. The van der Waals surface area contributed by atoms with Crippen LogP contribution in [0.1, 0.15) is 5.56 Å². The molecule has 16 heavy (non-hydrogen) atoms. The number of rotatable bonds is 2. The molecule has 1 nitrogen and oxygen atoms in total. The van der Waals surface area contributed by atoms with Crippen molar-refractivity contribution in [3.63, 3.8) is 0 Å². The van der Waals surface area contributed by atoms with E-state index in [0.29, 0.717) is 6.07 Å². The lowest BCUT2D eigenvalue weighted by Crippen LogP contribution is -2.11. The lowest BCUT2D eigenvalue weighted by Gasteiger charge is -2.13. The molecule has 0 fully saturated rings. The summed E-state index contributed by atoms with van der Waals surface area (Å²) in [4.78, 5) is 0. The van der Waals surface area contributed by atoms with Gasteiger partial charge in [0.15, 0.2) is 0 Å². The van der Waals surface area contributed by atoms with Gasteiger partial charge in [0.25, 0.3) is 0 Å². The molecule has 1 aromatic carbocycles. The van der Waals surface area contributed by atoms with E-state index < -0.39 is 27.7 Å². The van der Waals surface area contributed by atoms with Crippen LogP contribution in [0.3, 0.4) is 0 Å². The lowest BCUT2D eigenvalue weighted by atomic mass is 10.2. The highest BCUT2D eigenvalue weighted by Gasteiger charge is 2.35. The van der Waals surface area contributed by atoms with Gasteiger partial charge in [-0.3, -0.25) is 0 Å². The average molecular weight is 372 g/mol. The molecule has 0 saturated carbocycles. The highest BCUT2D eigenvalue weighted by atomic mass is 127. The minimum absolute atomic E-state index is 0.316. The molecule has 0 aromatic heterocycles. The van der Waals surface area contributed by atoms with Crippen LogP contribution in [0.25, 0.3) is 0 Å². The molecule has 8 heteroatoms. The number of hydrogen-bond acceptors (Lipinski definition) is 1. The zero-order valence-electron chi connectivity index (χ0n) is 7.29. The Morgan fingerprint density at radius 3 is 2.25 bits per heavy atom. The van der Waals surface area contributed by atoms with Gasteiger partial charge in [0.2, 0.25) is 0 Å². The van der Waals surface area contributed by atoms with E-state index >= 15 is 0 Å². The van der Waals surface area contributed by atoms with Crippen molar-refractivity contribution in [3.8, 4) is 5.75 Å². The molecule has 0 saturated heterocycles. The number of alkyl halides is 5. The van der Waals surface area contributed by atoms with Crippen molar-refractivity contribution in [2.45, 2.75) is 12.8 Å². The smallest absolute Gasteiger partial charge is 0.417 e. The number of ether oxygens (including phenoxy) is 1. The Labute approximate surface area is 106 Å². The summed E-state index contributed by atoms with van der Waals surface area (Å²) >= 11 is 6.66. The first-order valence-electron chi connectivity index (χ1n) is 3.73. The first-order valence-corrected chi connectivity index (χ1v) is 5.18. The quantitative estimate of drug-likeness (QED) is 0.546. The van der Waals surface area contributed by atoms with Crippen molar-refractivity contribution in [1.82, 2.24) is 0 Å². The first-order chi connectivity index (χ1) is 7.21. The number of hydrogen-bond donors (Lipinski definition) is 0. The van der Waals surface area contributed by atoms with Crippen molar-refractivity contribution in [3.05, 3.63) is 26.3 Å². The molecule has 1 aromatic rings. The lowest BCUT2D eigenvalue weighted by molar-refractivity contribution is -0.138. The number of halogens is 7. The second kappa shape index (κ2) is 4.91. The van der Waals surface area contributed by atoms with E-state index in [4.69, 9.17) is 11.6 Å². The normalized spacial score (nSPS) is 12.0. The summed E-state index contributed by atoms with van der Waals surface area (Å²) in [6.07, 6.45) is -4.67. The van der Waals surface area contributed by atoms with Crippen molar-refractivity contribution < 1.29 is 26.7 Å². The van der Waals surface area contributed by atoms with Crippen LogP contribution in [-0.4, -0.2) is 6.61 Å². The summed E-state index contributed by atoms with van der Waals surface area (Å²) in [6.45, 7) is -3.20. The molecule has 0 atom stereocenters. The van der Waals surface area contributed by atoms with Crippen LogP contribution in [0.4, 0.5) is 22.0 Å². The van der Waals surface area contributed by atoms with Gasteiger partial charge in [-0.2, -0.15) is 22.0 Å². The van der Waals surface area contributed by atoms with Gasteiger partial charge in [0, 0.05) is 11.1 Å². The zero-order valence-corrected chi connectivity index (χ0v) is 10.2. The average Bonchev–Trinajstić information content (AvgIpc) is 2.07. The summed E-state index contributed by atoms with van der Waals surface area (Å²) in [5.41, 5.74) is -1.10. The Kier molecular flexibility index (Phi) is 4.22. The van der Waals surface area contributed by atoms with Crippen molar-refractivity contribution in [2.24, 2.45) is 0 Å². The Bertz CT molecular complexity index is 393. The predicted molar refractivity (Wildman–Crippen MR) is 55.8 cm³/mol. The fourth-order valence-corrected chi connectivity index (χ4v) is 1.90. The Hall–Kier alpha value is -0.310. The Morgan fingerprint density at radius 1 is 1.25 bits per heavy atom.